The first kappa shape index (κ1) is 21.6. The predicted molar refractivity (Wildman–Crippen MR) is 115 cm³/mol. The van der Waals surface area contributed by atoms with Gasteiger partial charge < -0.3 is 18.8 Å². The number of rotatable bonds is 6. The van der Waals surface area contributed by atoms with Gasteiger partial charge in [-0.2, -0.15) is 4.99 Å². The van der Waals surface area contributed by atoms with Crippen LogP contribution in [-0.2, 0) is 16.1 Å². The SMILES string of the molecule is CCOC(=O)Cn1c(=NC(=O)c2cc(OC)ccc2OC)sc2c(C)cc(C)cc21. The van der Waals surface area contributed by atoms with Crippen LogP contribution in [-0.4, -0.2) is 37.3 Å². The Kier molecular flexibility index (Phi) is 6.56. The molecule has 0 unspecified atom stereocenters. The zero-order valence-electron chi connectivity index (χ0n) is 17.6. The molecule has 0 aliphatic heterocycles. The molecule has 0 saturated heterocycles. The summed E-state index contributed by atoms with van der Waals surface area (Å²) in [6.07, 6.45) is 0. The van der Waals surface area contributed by atoms with Crippen molar-refractivity contribution in [3.8, 4) is 11.5 Å². The number of nitrogens with zero attached hydrogens (tertiary/aromatic N) is 2. The van der Waals surface area contributed by atoms with Crippen LogP contribution in [0.5, 0.6) is 11.5 Å². The largest absolute Gasteiger partial charge is 0.497 e. The average Bonchev–Trinajstić information content (AvgIpc) is 3.05. The lowest BCUT2D eigenvalue weighted by Crippen LogP contribution is -2.23. The molecule has 30 heavy (non-hydrogen) atoms. The maximum Gasteiger partial charge on any atom is 0.326 e. The minimum Gasteiger partial charge on any atom is -0.497 e. The standard InChI is InChI=1S/C22H24N2O5S/c1-6-29-19(25)12-24-17-10-13(2)9-14(3)20(17)30-22(24)23-21(26)16-11-15(27-4)7-8-18(16)28-5/h7-11H,6,12H2,1-5H3. The third-order valence-corrected chi connectivity index (χ3v) is 5.77. The minimum absolute atomic E-state index is 0.0297. The molecule has 0 saturated carbocycles. The van der Waals surface area contributed by atoms with E-state index in [4.69, 9.17) is 14.2 Å². The highest BCUT2D eigenvalue weighted by molar-refractivity contribution is 7.16. The van der Waals surface area contributed by atoms with Crippen LogP contribution in [0.4, 0.5) is 0 Å². The number of esters is 1. The number of benzene rings is 2. The number of carbonyl (C=O) groups is 2. The van der Waals surface area contributed by atoms with Crippen molar-refractivity contribution in [2.45, 2.75) is 27.3 Å². The second kappa shape index (κ2) is 9.13. The van der Waals surface area contributed by atoms with E-state index in [0.717, 1.165) is 21.3 Å². The van der Waals surface area contributed by atoms with E-state index in [1.165, 1.54) is 25.6 Å². The highest BCUT2D eigenvalue weighted by Crippen LogP contribution is 2.26. The molecule has 1 heterocycles. The number of fused-ring (bicyclic) bond motifs is 1. The minimum atomic E-state index is -0.482. The van der Waals surface area contributed by atoms with E-state index in [1.807, 2.05) is 19.9 Å². The smallest absolute Gasteiger partial charge is 0.326 e. The van der Waals surface area contributed by atoms with Gasteiger partial charge in [-0.15, -0.1) is 0 Å². The molecule has 1 aromatic heterocycles. The maximum absolute atomic E-state index is 13.0. The van der Waals surface area contributed by atoms with E-state index in [-0.39, 0.29) is 24.7 Å². The van der Waals surface area contributed by atoms with Gasteiger partial charge in [-0.05, 0) is 56.2 Å². The summed E-state index contributed by atoms with van der Waals surface area (Å²) >= 11 is 1.36. The van der Waals surface area contributed by atoms with Gasteiger partial charge in [0.1, 0.15) is 18.0 Å². The quantitative estimate of drug-likeness (QED) is 0.560. The van der Waals surface area contributed by atoms with Crippen molar-refractivity contribution in [3.05, 3.63) is 51.8 Å². The van der Waals surface area contributed by atoms with Crippen molar-refractivity contribution in [2.24, 2.45) is 4.99 Å². The average molecular weight is 429 g/mol. The van der Waals surface area contributed by atoms with Gasteiger partial charge in [0, 0.05) is 0 Å². The number of carbonyl (C=O) groups excluding carboxylic acids is 2. The summed E-state index contributed by atoms with van der Waals surface area (Å²) in [5.41, 5.74) is 3.24. The zero-order chi connectivity index (χ0) is 21.8. The van der Waals surface area contributed by atoms with Crippen LogP contribution < -0.4 is 14.3 Å². The Hall–Kier alpha value is -3.13. The Balaban J connectivity index is 2.19. The lowest BCUT2D eigenvalue weighted by Gasteiger charge is -2.08. The molecule has 3 aromatic rings. The summed E-state index contributed by atoms with van der Waals surface area (Å²) < 4.78 is 18.3. The lowest BCUT2D eigenvalue weighted by molar-refractivity contribution is -0.143. The van der Waals surface area contributed by atoms with Crippen LogP contribution in [0.25, 0.3) is 10.2 Å². The van der Waals surface area contributed by atoms with Crippen LogP contribution in [0, 0.1) is 13.8 Å². The second-order valence-electron chi connectivity index (χ2n) is 6.69. The van der Waals surface area contributed by atoms with Gasteiger partial charge in [0.2, 0.25) is 0 Å². The number of aromatic nitrogens is 1. The summed E-state index contributed by atoms with van der Waals surface area (Å²) in [4.78, 5) is 30.0. The summed E-state index contributed by atoms with van der Waals surface area (Å²) in [5.74, 6) is 0.0553. The molecule has 1 amide bonds. The maximum atomic E-state index is 13.0. The van der Waals surface area contributed by atoms with Gasteiger partial charge in [0.05, 0.1) is 36.6 Å². The Morgan fingerprint density at radius 2 is 1.87 bits per heavy atom. The summed E-state index contributed by atoms with van der Waals surface area (Å²) in [5, 5.41) is 0. The van der Waals surface area contributed by atoms with Crippen molar-refractivity contribution < 1.29 is 23.8 Å². The molecule has 7 nitrogen and oxygen atoms in total. The van der Waals surface area contributed by atoms with Crippen LogP contribution in [0.1, 0.15) is 28.4 Å². The van der Waals surface area contributed by atoms with Gasteiger partial charge >= 0.3 is 5.97 Å². The predicted octanol–water partition coefficient (Wildman–Crippen LogP) is 3.64. The van der Waals surface area contributed by atoms with Crippen molar-refractivity contribution >= 4 is 33.4 Å². The molecular formula is C22H24N2O5S. The second-order valence-corrected chi connectivity index (χ2v) is 7.67. The monoisotopic (exact) mass is 428 g/mol. The molecule has 158 valence electrons. The highest BCUT2D eigenvalue weighted by atomic mass is 32.1. The number of methoxy groups -OCH3 is 2. The van der Waals surface area contributed by atoms with Gasteiger partial charge in [-0.3, -0.25) is 9.59 Å². The van der Waals surface area contributed by atoms with Gasteiger partial charge in [-0.1, -0.05) is 17.4 Å². The van der Waals surface area contributed by atoms with Gasteiger partial charge in [0.25, 0.3) is 5.91 Å². The zero-order valence-corrected chi connectivity index (χ0v) is 18.5. The first-order valence-corrected chi connectivity index (χ1v) is 10.3. The molecule has 3 rings (SSSR count). The molecule has 2 aromatic carbocycles. The van der Waals surface area contributed by atoms with Crippen LogP contribution in [0.15, 0.2) is 35.3 Å². The summed E-state index contributed by atoms with van der Waals surface area (Å²) in [7, 11) is 3.02. The van der Waals surface area contributed by atoms with Gasteiger partial charge in [-0.25, -0.2) is 0 Å². The highest BCUT2D eigenvalue weighted by Gasteiger charge is 2.17. The van der Waals surface area contributed by atoms with E-state index in [1.54, 1.807) is 29.7 Å². The van der Waals surface area contributed by atoms with E-state index in [2.05, 4.69) is 11.1 Å². The van der Waals surface area contributed by atoms with E-state index in [9.17, 15) is 9.59 Å². The summed E-state index contributed by atoms with van der Waals surface area (Å²) in [6, 6.07) is 9.00. The molecule has 0 aliphatic carbocycles. The van der Waals surface area contributed by atoms with Crippen molar-refractivity contribution in [3.63, 3.8) is 0 Å². The third-order valence-electron chi connectivity index (χ3n) is 4.54. The Morgan fingerprint density at radius 1 is 1.10 bits per heavy atom. The topological polar surface area (TPSA) is 79.1 Å². The van der Waals surface area contributed by atoms with Crippen LogP contribution in [0.2, 0.25) is 0 Å². The molecule has 0 spiro atoms. The first-order chi connectivity index (χ1) is 14.4. The Labute approximate surface area is 178 Å². The Morgan fingerprint density at radius 3 is 2.53 bits per heavy atom. The normalized spacial score (nSPS) is 11.6. The van der Waals surface area contributed by atoms with E-state index < -0.39 is 5.91 Å². The number of aryl methyl sites for hydroxylation is 2. The van der Waals surface area contributed by atoms with Crippen molar-refractivity contribution in [2.75, 3.05) is 20.8 Å². The molecule has 0 fully saturated rings. The molecule has 0 radical (unpaired) electrons. The lowest BCUT2D eigenvalue weighted by atomic mass is 10.1. The summed E-state index contributed by atoms with van der Waals surface area (Å²) in [6.45, 7) is 6.00. The van der Waals surface area contributed by atoms with E-state index in [0.29, 0.717) is 16.3 Å². The number of hydrogen-bond acceptors (Lipinski definition) is 6. The molecular weight excluding hydrogens is 404 g/mol. The molecule has 8 heteroatoms. The number of hydrogen-bond donors (Lipinski definition) is 0. The molecule has 0 bridgehead atoms. The molecule has 0 atom stereocenters. The first-order valence-electron chi connectivity index (χ1n) is 9.45. The third kappa shape index (κ3) is 4.38. The van der Waals surface area contributed by atoms with E-state index >= 15 is 0 Å². The fraction of sp³-hybridized carbons (Fsp3) is 0.318. The fourth-order valence-corrected chi connectivity index (χ4v) is 4.29. The van der Waals surface area contributed by atoms with Crippen LogP contribution in [0.3, 0.4) is 0 Å². The Bertz CT molecular complexity index is 1180. The molecule has 0 N–H and O–H groups in total. The number of amides is 1. The molecule has 0 aliphatic rings. The number of ether oxygens (including phenoxy) is 3. The van der Waals surface area contributed by atoms with Crippen molar-refractivity contribution in [1.82, 2.24) is 4.57 Å². The van der Waals surface area contributed by atoms with Gasteiger partial charge in [0.15, 0.2) is 4.80 Å². The van der Waals surface area contributed by atoms with Crippen molar-refractivity contribution in [1.29, 1.82) is 0 Å². The van der Waals surface area contributed by atoms with Crippen LogP contribution >= 0.6 is 11.3 Å². The number of thiazole rings is 1. The fourth-order valence-electron chi connectivity index (χ4n) is 3.21.